The van der Waals surface area contributed by atoms with E-state index in [1.54, 1.807) is 0 Å². The molecule has 0 aromatic heterocycles. The first kappa shape index (κ1) is 16.0. The van der Waals surface area contributed by atoms with Crippen molar-refractivity contribution < 1.29 is 4.79 Å². The summed E-state index contributed by atoms with van der Waals surface area (Å²) in [5.41, 5.74) is 1.01. The summed E-state index contributed by atoms with van der Waals surface area (Å²) in [4.78, 5) is 12.0. The van der Waals surface area contributed by atoms with Crippen LogP contribution in [-0.2, 0) is 4.79 Å². The fourth-order valence-electron chi connectivity index (χ4n) is 1.84. The summed E-state index contributed by atoms with van der Waals surface area (Å²) in [5, 5.41) is 6.96. The van der Waals surface area contributed by atoms with E-state index in [2.05, 4.69) is 17.6 Å². The van der Waals surface area contributed by atoms with Crippen LogP contribution in [0.5, 0.6) is 0 Å². The maximum Gasteiger partial charge on any atom is 0.237 e. The molecule has 1 aromatic carbocycles. The molecule has 2 unspecified atom stereocenters. The molecule has 1 aromatic rings. The second-order valence-corrected chi connectivity index (χ2v) is 5.36. The van der Waals surface area contributed by atoms with Gasteiger partial charge in [0.05, 0.1) is 6.04 Å². The van der Waals surface area contributed by atoms with Gasteiger partial charge >= 0.3 is 0 Å². The van der Waals surface area contributed by atoms with Crippen molar-refractivity contribution in [2.75, 3.05) is 0 Å². The third-order valence-electron chi connectivity index (χ3n) is 3.27. The molecule has 0 aliphatic heterocycles. The number of rotatable bonds is 6. The summed E-state index contributed by atoms with van der Waals surface area (Å²) in [6, 6.07) is 7.66. The molecule has 106 valence electrons. The molecule has 0 fully saturated rings. The lowest BCUT2D eigenvalue weighted by Gasteiger charge is -2.22. The van der Waals surface area contributed by atoms with E-state index in [1.807, 2.05) is 45.0 Å². The Kier molecular flexibility index (Phi) is 6.32. The molecule has 0 spiro atoms. The van der Waals surface area contributed by atoms with Crippen molar-refractivity contribution in [2.24, 2.45) is 0 Å². The van der Waals surface area contributed by atoms with Gasteiger partial charge in [-0.05, 0) is 38.8 Å². The first-order valence-electron chi connectivity index (χ1n) is 6.76. The van der Waals surface area contributed by atoms with Crippen molar-refractivity contribution >= 4 is 17.5 Å². The number of carbonyl (C=O) groups is 1. The minimum Gasteiger partial charge on any atom is -0.352 e. The van der Waals surface area contributed by atoms with Crippen molar-refractivity contribution in [1.29, 1.82) is 0 Å². The van der Waals surface area contributed by atoms with Crippen LogP contribution in [-0.4, -0.2) is 18.0 Å². The van der Waals surface area contributed by atoms with Crippen LogP contribution in [0.1, 0.15) is 45.7 Å². The molecular weight excluding hydrogens is 260 g/mol. The normalized spacial score (nSPS) is 15.6. The fourth-order valence-corrected chi connectivity index (χ4v) is 2.14. The van der Waals surface area contributed by atoms with Crippen LogP contribution >= 0.6 is 11.6 Å². The maximum atomic E-state index is 12.0. The van der Waals surface area contributed by atoms with Crippen LogP contribution in [0.15, 0.2) is 24.3 Å². The van der Waals surface area contributed by atoms with Gasteiger partial charge in [-0.1, -0.05) is 36.7 Å². The molecule has 3 nitrogen and oxygen atoms in total. The number of hydrogen-bond donors (Lipinski definition) is 2. The second-order valence-electron chi connectivity index (χ2n) is 4.95. The average Bonchev–Trinajstić information content (AvgIpc) is 2.38. The van der Waals surface area contributed by atoms with E-state index in [0.29, 0.717) is 0 Å². The van der Waals surface area contributed by atoms with Gasteiger partial charge in [-0.3, -0.25) is 10.1 Å². The molecule has 1 amide bonds. The minimum atomic E-state index is -0.250. The lowest BCUT2D eigenvalue weighted by molar-refractivity contribution is -0.123. The molecule has 4 heteroatoms. The van der Waals surface area contributed by atoms with Crippen LogP contribution in [0.3, 0.4) is 0 Å². The van der Waals surface area contributed by atoms with Crippen LogP contribution in [0.4, 0.5) is 0 Å². The first-order valence-corrected chi connectivity index (χ1v) is 7.14. The molecule has 0 aliphatic carbocycles. The summed E-state index contributed by atoms with van der Waals surface area (Å²) in [6.45, 7) is 7.93. The van der Waals surface area contributed by atoms with Gasteiger partial charge in [0, 0.05) is 17.1 Å². The third-order valence-corrected chi connectivity index (χ3v) is 3.61. The first-order chi connectivity index (χ1) is 8.95. The number of halogens is 1. The Bertz CT molecular complexity index is 422. The van der Waals surface area contributed by atoms with E-state index in [4.69, 9.17) is 11.6 Å². The van der Waals surface area contributed by atoms with Gasteiger partial charge in [0.2, 0.25) is 5.91 Å². The lowest BCUT2D eigenvalue weighted by atomic mass is 10.1. The minimum absolute atomic E-state index is 0.0215. The van der Waals surface area contributed by atoms with Gasteiger partial charge in [-0.2, -0.15) is 0 Å². The Morgan fingerprint density at radius 3 is 2.47 bits per heavy atom. The average molecular weight is 283 g/mol. The third kappa shape index (κ3) is 4.84. The Morgan fingerprint density at radius 1 is 1.26 bits per heavy atom. The highest BCUT2D eigenvalue weighted by atomic mass is 35.5. The smallest absolute Gasteiger partial charge is 0.237 e. The van der Waals surface area contributed by atoms with Gasteiger partial charge in [-0.15, -0.1) is 0 Å². The fraction of sp³-hybridized carbons (Fsp3) is 0.533. The maximum absolute atomic E-state index is 12.0. The largest absolute Gasteiger partial charge is 0.352 e. The topological polar surface area (TPSA) is 41.1 Å². The summed E-state index contributed by atoms with van der Waals surface area (Å²) < 4.78 is 0. The molecule has 0 bridgehead atoms. The number of amides is 1. The Morgan fingerprint density at radius 2 is 1.89 bits per heavy atom. The Labute approximate surface area is 120 Å². The molecule has 0 radical (unpaired) electrons. The van der Waals surface area contributed by atoms with Crippen LogP contribution in [0.2, 0.25) is 5.02 Å². The highest BCUT2D eigenvalue weighted by molar-refractivity contribution is 6.31. The highest BCUT2D eigenvalue weighted by Crippen LogP contribution is 2.22. The van der Waals surface area contributed by atoms with Crippen molar-refractivity contribution in [3.63, 3.8) is 0 Å². The van der Waals surface area contributed by atoms with E-state index in [-0.39, 0.29) is 24.0 Å². The van der Waals surface area contributed by atoms with Crippen LogP contribution in [0.25, 0.3) is 0 Å². The molecular formula is C15H23ClN2O. The number of nitrogens with one attached hydrogen (secondary N) is 2. The zero-order valence-corrected chi connectivity index (χ0v) is 12.8. The number of carbonyl (C=O) groups excluding carboxylic acids is 1. The van der Waals surface area contributed by atoms with Gasteiger partial charge < -0.3 is 5.32 Å². The van der Waals surface area contributed by atoms with E-state index in [1.165, 1.54) is 0 Å². The zero-order valence-electron chi connectivity index (χ0n) is 12.0. The van der Waals surface area contributed by atoms with Crippen molar-refractivity contribution in [3.05, 3.63) is 34.9 Å². The zero-order chi connectivity index (χ0) is 14.4. The summed E-state index contributed by atoms with van der Waals surface area (Å²) >= 11 is 6.15. The molecule has 0 saturated heterocycles. The molecule has 0 heterocycles. The van der Waals surface area contributed by atoms with Crippen LogP contribution in [0, 0.1) is 0 Å². The summed E-state index contributed by atoms with van der Waals surface area (Å²) in [6.07, 6.45) is 0.929. The van der Waals surface area contributed by atoms with Crippen molar-refractivity contribution in [1.82, 2.24) is 10.6 Å². The monoisotopic (exact) mass is 282 g/mol. The summed E-state index contributed by atoms with van der Waals surface area (Å²) in [7, 11) is 0. The van der Waals surface area contributed by atoms with Crippen LogP contribution < -0.4 is 10.6 Å². The van der Waals surface area contributed by atoms with E-state index in [0.717, 1.165) is 17.0 Å². The van der Waals surface area contributed by atoms with Crippen molar-refractivity contribution in [2.45, 2.75) is 52.2 Å². The van der Waals surface area contributed by atoms with Gasteiger partial charge in [-0.25, -0.2) is 0 Å². The Hall–Kier alpha value is -1.06. The highest BCUT2D eigenvalue weighted by Gasteiger charge is 2.18. The number of benzene rings is 1. The quantitative estimate of drug-likeness (QED) is 0.841. The summed E-state index contributed by atoms with van der Waals surface area (Å²) in [5.74, 6) is 0.0215. The van der Waals surface area contributed by atoms with E-state index >= 15 is 0 Å². The SMILES string of the molecule is CCC(C)NC(=O)C(C)N[C@@H](C)c1ccccc1Cl. The predicted molar refractivity (Wildman–Crippen MR) is 80.4 cm³/mol. The predicted octanol–water partition coefficient (Wildman–Crippen LogP) is 3.29. The molecule has 19 heavy (non-hydrogen) atoms. The number of hydrogen-bond acceptors (Lipinski definition) is 2. The molecule has 0 saturated carbocycles. The van der Waals surface area contributed by atoms with E-state index < -0.39 is 0 Å². The van der Waals surface area contributed by atoms with Crippen molar-refractivity contribution in [3.8, 4) is 0 Å². The molecule has 3 atom stereocenters. The Balaban J connectivity index is 2.59. The van der Waals surface area contributed by atoms with Gasteiger partial charge in [0.1, 0.15) is 0 Å². The molecule has 1 rings (SSSR count). The standard InChI is InChI=1S/C15H23ClN2O/c1-5-10(2)17-15(19)12(4)18-11(3)13-8-6-7-9-14(13)16/h6-12,18H,5H2,1-4H3,(H,17,19)/t10?,11-,12?/m0/s1. The lowest BCUT2D eigenvalue weighted by Crippen LogP contribution is -2.46. The van der Waals surface area contributed by atoms with Gasteiger partial charge in [0.25, 0.3) is 0 Å². The second kappa shape index (κ2) is 7.51. The molecule has 0 aliphatic rings. The van der Waals surface area contributed by atoms with Gasteiger partial charge in [0.15, 0.2) is 0 Å². The molecule has 2 N–H and O–H groups in total. The van der Waals surface area contributed by atoms with E-state index in [9.17, 15) is 4.79 Å².